The molecule has 1 aromatic heterocycles. The van der Waals surface area contributed by atoms with Crippen LogP contribution in [-0.4, -0.2) is 56.8 Å². The van der Waals surface area contributed by atoms with E-state index in [0.29, 0.717) is 12.6 Å². The molecule has 0 radical (unpaired) electrons. The van der Waals surface area contributed by atoms with Gasteiger partial charge in [-0.05, 0) is 18.4 Å². The SMILES string of the molecule is C=CCNC(=NC)NCC(c1cccs1)N1CCOC(C)C1.I. The molecule has 0 amide bonds. The van der Waals surface area contributed by atoms with E-state index in [2.05, 4.69) is 51.5 Å². The summed E-state index contributed by atoms with van der Waals surface area (Å²) < 4.78 is 5.67. The molecular weight excluding hydrogens is 423 g/mol. The molecule has 0 bridgehead atoms. The van der Waals surface area contributed by atoms with E-state index in [4.69, 9.17) is 4.74 Å². The predicted octanol–water partition coefficient (Wildman–Crippen LogP) is 2.48. The molecule has 130 valence electrons. The Balaban J connectivity index is 0.00000264. The largest absolute Gasteiger partial charge is 0.376 e. The van der Waals surface area contributed by atoms with Gasteiger partial charge in [0.05, 0.1) is 18.8 Å². The second-order valence-electron chi connectivity index (χ2n) is 5.33. The number of aliphatic imine (C=N–C) groups is 1. The fourth-order valence-corrected chi connectivity index (χ4v) is 3.46. The van der Waals surface area contributed by atoms with Crippen LogP contribution in [0.1, 0.15) is 17.8 Å². The molecule has 5 nitrogen and oxygen atoms in total. The first-order chi connectivity index (χ1) is 10.7. The fourth-order valence-electron chi connectivity index (χ4n) is 2.60. The molecular formula is C16H27IN4OS. The van der Waals surface area contributed by atoms with Gasteiger partial charge in [0.25, 0.3) is 0 Å². The van der Waals surface area contributed by atoms with Crippen molar-refractivity contribution in [3.63, 3.8) is 0 Å². The zero-order valence-electron chi connectivity index (χ0n) is 13.8. The number of guanidine groups is 1. The minimum atomic E-state index is 0. The Morgan fingerprint density at radius 2 is 2.43 bits per heavy atom. The van der Waals surface area contributed by atoms with Crippen molar-refractivity contribution in [3.05, 3.63) is 35.0 Å². The molecule has 0 saturated carbocycles. The van der Waals surface area contributed by atoms with Gasteiger partial charge in [0.2, 0.25) is 0 Å². The number of hydrogen-bond donors (Lipinski definition) is 2. The molecule has 0 aromatic carbocycles. The van der Waals surface area contributed by atoms with Crippen LogP contribution >= 0.6 is 35.3 Å². The van der Waals surface area contributed by atoms with E-state index in [1.807, 2.05) is 6.08 Å². The summed E-state index contributed by atoms with van der Waals surface area (Å²) in [6, 6.07) is 4.66. The molecule has 1 aliphatic rings. The van der Waals surface area contributed by atoms with E-state index in [1.165, 1.54) is 4.88 Å². The molecule has 1 aliphatic heterocycles. The molecule has 1 fully saturated rings. The van der Waals surface area contributed by atoms with Gasteiger partial charge in [-0.25, -0.2) is 0 Å². The molecule has 7 heteroatoms. The highest BCUT2D eigenvalue weighted by Gasteiger charge is 2.26. The van der Waals surface area contributed by atoms with Gasteiger partial charge in [0.1, 0.15) is 0 Å². The van der Waals surface area contributed by atoms with Crippen molar-refractivity contribution in [1.82, 2.24) is 15.5 Å². The van der Waals surface area contributed by atoms with Crippen molar-refractivity contribution in [3.8, 4) is 0 Å². The number of rotatable bonds is 6. The fraction of sp³-hybridized carbons (Fsp3) is 0.562. The quantitative estimate of drug-likeness (QED) is 0.303. The highest BCUT2D eigenvalue weighted by atomic mass is 127. The third kappa shape index (κ3) is 6.40. The molecule has 2 atom stereocenters. The van der Waals surface area contributed by atoms with E-state index < -0.39 is 0 Å². The molecule has 1 aromatic rings. The van der Waals surface area contributed by atoms with Gasteiger partial charge in [-0.15, -0.1) is 41.9 Å². The van der Waals surface area contributed by atoms with Crippen LogP contribution in [0.2, 0.25) is 0 Å². The summed E-state index contributed by atoms with van der Waals surface area (Å²) in [5.74, 6) is 0.808. The van der Waals surface area contributed by atoms with Crippen LogP contribution in [0.15, 0.2) is 35.2 Å². The Morgan fingerprint density at radius 3 is 3.04 bits per heavy atom. The second kappa shape index (κ2) is 11.0. The molecule has 2 heterocycles. The highest BCUT2D eigenvalue weighted by molar-refractivity contribution is 14.0. The van der Waals surface area contributed by atoms with E-state index in [1.54, 1.807) is 18.4 Å². The number of thiophene rings is 1. The molecule has 2 unspecified atom stereocenters. The molecule has 2 N–H and O–H groups in total. The topological polar surface area (TPSA) is 48.9 Å². The van der Waals surface area contributed by atoms with E-state index in [9.17, 15) is 0 Å². The zero-order chi connectivity index (χ0) is 15.8. The predicted molar refractivity (Wildman–Crippen MR) is 109 cm³/mol. The first-order valence-electron chi connectivity index (χ1n) is 7.69. The number of hydrogen-bond acceptors (Lipinski definition) is 4. The maximum absolute atomic E-state index is 5.67. The third-order valence-electron chi connectivity index (χ3n) is 3.69. The average Bonchev–Trinajstić information content (AvgIpc) is 3.05. The number of halogens is 1. The first-order valence-corrected chi connectivity index (χ1v) is 8.57. The minimum Gasteiger partial charge on any atom is -0.376 e. The molecule has 0 aliphatic carbocycles. The van der Waals surface area contributed by atoms with Crippen LogP contribution in [0.5, 0.6) is 0 Å². The van der Waals surface area contributed by atoms with Crippen LogP contribution in [0.3, 0.4) is 0 Å². The summed E-state index contributed by atoms with van der Waals surface area (Å²) in [5, 5.41) is 8.77. The average molecular weight is 450 g/mol. The standard InChI is InChI=1S/C16H26N4OS.HI/c1-4-7-18-16(17-3)19-11-14(15-6-5-10-22-15)20-8-9-21-13(2)12-20;/h4-6,10,13-14H,1,7-9,11-12H2,2-3H3,(H2,17,18,19);1H. The lowest BCUT2D eigenvalue weighted by atomic mass is 10.1. The lowest BCUT2D eigenvalue weighted by Crippen LogP contribution is -2.48. The van der Waals surface area contributed by atoms with Gasteiger partial charge >= 0.3 is 0 Å². The number of morpholine rings is 1. The van der Waals surface area contributed by atoms with Crippen LogP contribution in [0.4, 0.5) is 0 Å². The van der Waals surface area contributed by atoms with Crippen LogP contribution in [0, 0.1) is 0 Å². The van der Waals surface area contributed by atoms with Crippen molar-refractivity contribution in [2.24, 2.45) is 4.99 Å². The smallest absolute Gasteiger partial charge is 0.191 e. The van der Waals surface area contributed by atoms with Crippen molar-refractivity contribution >= 4 is 41.3 Å². The maximum atomic E-state index is 5.67. The van der Waals surface area contributed by atoms with Crippen molar-refractivity contribution in [2.45, 2.75) is 19.1 Å². The van der Waals surface area contributed by atoms with Gasteiger partial charge in [0.15, 0.2) is 5.96 Å². The van der Waals surface area contributed by atoms with E-state index in [0.717, 1.165) is 32.2 Å². The number of nitrogens with zero attached hydrogens (tertiary/aromatic N) is 2. The van der Waals surface area contributed by atoms with Gasteiger partial charge in [-0.3, -0.25) is 9.89 Å². The maximum Gasteiger partial charge on any atom is 0.191 e. The summed E-state index contributed by atoms with van der Waals surface area (Å²) in [5.41, 5.74) is 0. The van der Waals surface area contributed by atoms with Gasteiger partial charge in [-0.2, -0.15) is 0 Å². The molecule has 0 spiro atoms. The lowest BCUT2D eigenvalue weighted by molar-refractivity contribution is -0.0334. The van der Waals surface area contributed by atoms with Crippen molar-refractivity contribution in [2.75, 3.05) is 39.8 Å². The Kier molecular flexibility index (Phi) is 9.77. The Hall–Kier alpha value is -0.640. The highest BCUT2D eigenvalue weighted by Crippen LogP contribution is 2.26. The van der Waals surface area contributed by atoms with Gasteiger partial charge in [-0.1, -0.05) is 12.1 Å². The minimum absolute atomic E-state index is 0. The van der Waals surface area contributed by atoms with Gasteiger partial charge in [0, 0.05) is 38.1 Å². The summed E-state index contributed by atoms with van der Waals surface area (Å²) in [6.45, 7) is 10.1. The normalized spacial score (nSPS) is 20.4. The van der Waals surface area contributed by atoms with Crippen molar-refractivity contribution < 1.29 is 4.74 Å². The first kappa shape index (κ1) is 20.4. The second-order valence-corrected chi connectivity index (χ2v) is 6.31. The van der Waals surface area contributed by atoms with Gasteiger partial charge < -0.3 is 15.4 Å². The summed E-state index contributed by atoms with van der Waals surface area (Å²) in [4.78, 5) is 8.12. The third-order valence-corrected chi connectivity index (χ3v) is 4.66. The van der Waals surface area contributed by atoms with Crippen molar-refractivity contribution in [1.29, 1.82) is 0 Å². The molecule has 2 rings (SSSR count). The molecule has 1 saturated heterocycles. The Labute approximate surface area is 160 Å². The van der Waals surface area contributed by atoms with Crippen LogP contribution in [-0.2, 0) is 4.74 Å². The zero-order valence-corrected chi connectivity index (χ0v) is 17.0. The van der Waals surface area contributed by atoms with Crippen LogP contribution in [0.25, 0.3) is 0 Å². The number of nitrogens with one attached hydrogen (secondary N) is 2. The summed E-state index contributed by atoms with van der Waals surface area (Å²) in [6.07, 6.45) is 2.11. The lowest BCUT2D eigenvalue weighted by Gasteiger charge is -2.37. The Bertz CT molecular complexity index is 480. The Morgan fingerprint density at radius 1 is 1.61 bits per heavy atom. The molecule has 23 heavy (non-hydrogen) atoms. The monoisotopic (exact) mass is 450 g/mol. The van der Waals surface area contributed by atoms with E-state index in [-0.39, 0.29) is 30.1 Å². The number of ether oxygens (including phenoxy) is 1. The van der Waals surface area contributed by atoms with E-state index >= 15 is 0 Å². The van der Waals surface area contributed by atoms with Crippen LogP contribution < -0.4 is 10.6 Å². The summed E-state index contributed by atoms with van der Waals surface area (Å²) >= 11 is 1.80. The summed E-state index contributed by atoms with van der Waals surface area (Å²) in [7, 11) is 1.79.